The van der Waals surface area contributed by atoms with E-state index >= 15 is 0 Å². The van der Waals surface area contributed by atoms with Gasteiger partial charge in [-0.05, 0) is 12.0 Å². The molecule has 0 aliphatic heterocycles. The van der Waals surface area contributed by atoms with Crippen LogP contribution in [0, 0.1) is 0 Å². The number of rotatable bonds is 6. The minimum Gasteiger partial charge on any atom is -0.373 e. The van der Waals surface area contributed by atoms with Gasteiger partial charge in [0.15, 0.2) is 0 Å². The number of alkyl halides is 2. The lowest BCUT2D eigenvalue weighted by molar-refractivity contribution is 0.0495. The minimum absolute atomic E-state index is 0.00569. The first-order valence-electron chi connectivity index (χ1n) is 5.18. The van der Waals surface area contributed by atoms with E-state index in [2.05, 4.69) is 6.92 Å². The Morgan fingerprint density at radius 1 is 1.20 bits per heavy atom. The van der Waals surface area contributed by atoms with Gasteiger partial charge in [-0.15, -0.1) is 23.2 Å². The number of benzene rings is 1. The fraction of sp³-hybridized carbons (Fsp3) is 0.500. The highest BCUT2D eigenvalue weighted by Crippen LogP contribution is 2.26. The molecule has 0 aliphatic rings. The number of hydrogen-bond donors (Lipinski definition) is 0. The van der Waals surface area contributed by atoms with Crippen LogP contribution < -0.4 is 0 Å². The fourth-order valence-electron chi connectivity index (χ4n) is 1.39. The molecule has 1 aromatic rings. The second kappa shape index (κ2) is 7.10. The van der Waals surface area contributed by atoms with Crippen LogP contribution in [0.5, 0.6) is 0 Å². The summed E-state index contributed by atoms with van der Waals surface area (Å²) in [6.07, 6.45) is 1.64. The van der Waals surface area contributed by atoms with Crippen molar-refractivity contribution in [1.29, 1.82) is 0 Å². The SMILES string of the molecule is CCCOC(CC(Cl)Cl)c1ccccc1. The third-order valence-electron chi connectivity index (χ3n) is 2.09. The molecule has 0 fully saturated rings. The van der Waals surface area contributed by atoms with Crippen molar-refractivity contribution < 1.29 is 4.74 Å². The maximum Gasteiger partial charge on any atom is 0.110 e. The summed E-state index contributed by atoms with van der Waals surface area (Å²) in [5, 5.41) is 0. The molecule has 1 rings (SSSR count). The molecule has 0 saturated heterocycles. The summed E-state index contributed by atoms with van der Waals surface area (Å²) < 4.78 is 5.72. The van der Waals surface area contributed by atoms with Gasteiger partial charge in [0.25, 0.3) is 0 Å². The molecule has 15 heavy (non-hydrogen) atoms. The highest BCUT2D eigenvalue weighted by Gasteiger charge is 2.15. The molecule has 0 radical (unpaired) electrons. The van der Waals surface area contributed by atoms with Crippen LogP contribution in [0.1, 0.15) is 31.4 Å². The first-order chi connectivity index (χ1) is 7.24. The Balaban J connectivity index is 2.63. The van der Waals surface area contributed by atoms with Crippen molar-refractivity contribution in [3.63, 3.8) is 0 Å². The molecular weight excluding hydrogens is 231 g/mol. The Kier molecular flexibility index (Phi) is 6.07. The van der Waals surface area contributed by atoms with Crippen LogP contribution >= 0.6 is 23.2 Å². The standard InChI is InChI=1S/C12H16Cl2O/c1-2-8-15-11(9-12(13)14)10-6-4-3-5-7-10/h3-7,11-12H,2,8-9H2,1H3. The van der Waals surface area contributed by atoms with Crippen molar-refractivity contribution in [2.75, 3.05) is 6.61 Å². The van der Waals surface area contributed by atoms with Gasteiger partial charge in [-0.25, -0.2) is 0 Å². The topological polar surface area (TPSA) is 9.23 Å². The van der Waals surface area contributed by atoms with Crippen LogP contribution in [0.25, 0.3) is 0 Å². The molecule has 0 amide bonds. The van der Waals surface area contributed by atoms with Gasteiger partial charge in [0.2, 0.25) is 0 Å². The van der Waals surface area contributed by atoms with Crippen LogP contribution in [-0.2, 0) is 4.74 Å². The third-order valence-corrected chi connectivity index (χ3v) is 2.44. The van der Waals surface area contributed by atoms with E-state index in [9.17, 15) is 0 Å². The van der Waals surface area contributed by atoms with Gasteiger partial charge in [-0.2, -0.15) is 0 Å². The zero-order valence-corrected chi connectivity index (χ0v) is 10.3. The van der Waals surface area contributed by atoms with Crippen LogP contribution in [0.3, 0.4) is 0 Å². The summed E-state index contributed by atoms with van der Waals surface area (Å²) in [6.45, 7) is 2.82. The molecule has 0 aliphatic carbocycles. The summed E-state index contributed by atoms with van der Waals surface area (Å²) in [6, 6.07) is 10.1. The van der Waals surface area contributed by atoms with Crippen molar-refractivity contribution in [2.24, 2.45) is 0 Å². The molecule has 0 aromatic heterocycles. The van der Waals surface area contributed by atoms with Crippen molar-refractivity contribution >= 4 is 23.2 Å². The molecule has 1 nitrogen and oxygen atoms in total. The van der Waals surface area contributed by atoms with E-state index in [4.69, 9.17) is 27.9 Å². The molecule has 0 bridgehead atoms. The van der Waals surface area contributed by atoms with Crippen molar-refractivity contribution in [2.45, 2.75) is 30.7 Å². The van der Waals surface area contributed by atoms with Crippen LogP contribution in [0.2, 0.25) is 0 Å². The lowest BCUT2D eigenvalue weighted by Crippen LogP contribution is -2.08. The fourth-order valence-corrected chi connectivity index (χ4v) is 1.71. The summed E-state index contributed by atoms with van der Waals surface area (Å²) in [5.74, 6) is 0. The average Bonchev–Trinajstić information content (AvgIpc) is 2.25. The molecule has 0 spiro atoms. The Labute approximate surface area is 101 Å². The number of halogens is 2. The minimum atomic E-state index is -0.382. The van der Waals surface area contributed by atoms with Crippen LogP contribution in [-0.4, -0.2) is 11.4 Å². The van der Waals surface area contributed by atoms with Gasteiger partial charge < -0.3 is 4.74 Å². The second-order valence-electron chi connectivity index (χ2n) is 3.40. The quantitative estimate of drug-likeness (QED) is 0.679. The molecule has 84 valence electrons. The highest BCUT2D eigenvalue weighted by atomic mass is 35.5. The highest BCUT2D eigenvalue weighted by molar-refractivity contribution is 6.44. The Hall–Kier alpha value is -0.240. The van der Waals surface area contributed by atoms with Crippen molar-refractivity contribution in [1.82, 2.24) is 0 Å². The van der Waals surface area contributed by atoms with Gasteiger partial charge in [-0.1, -0.05) is 37.3 Å². The van der Waals surface area contributed by atoms with E-state index in [-0.39, 0.29) is 10.9 Å². The molecule has 0 N–H and O–H groups in total. The maximum absolute atomic E-state index is 5.79. The molecule has 1 unspecified atom stereocenters. The third kappa shape index (κ3) is 4.87. The molecule has 1 atom stereocenters. The molecule has 3 heteroatoms. The molecule has 0 saturated carbocycles. The summed E-state index contributed by atoms with van der Waals surface area (Å²) in [4.78, 5) is -0.382. The Morgan fingerprint density at radius 2 is 1.87 bits per heavy atom. The van der Waals surface area contributed by atoms with E-state index in [0.29, 0.717) is 6.42 Å². The predicted molar refractivity (Wildman–Crippen MR) is 65.5 cm³/mol. The number of ether oxygens (including phenoxy) is 1. The van der Waals surface area contributed by atoms with E-state index in [0.717, 1.165) is 18.6 Å². The van der Waals surface area contributed by atoms with Crippen molar-refractivity contribution in [3.05, 3.63) is 35.9 Å². The largest absolute Gasteiger partial charge is 0.373 e. The second-order valence-corrected chi connectivity index (χ2v) is 4.67. The molecule has 1 aromatic carbocycles. The van der Waals surface area contributed by atoms with Gasteiger partial charge in [0.1, 0.15) is 4.84 Å². The van der Waals surface area contributed by atoms with Gasteiger partial charge in [-0.3, -0.25) is 0 Å². The van der Waals surface area contributed by atoms with E-state index in [1.54, 1.807) is 0 Å². The molecule has 0 heterocycles. The van der Waals surface area contributed by atoms with Gasteiger partial charge >= 0.3 is 0 Å². The monoisotopic (exact) mass is 246 g/mol. The Bertz CT molecular complexity index is 262. The lowest BCUT2D eigenvalue weighted by Gasteiger charge is -2.18. The first-order valence-corrected chi connectivity index (χ1v) is 6.06. The predicted octanol–water partition coefficient (Wildman–Crippen LogP) is 4.35. The van der Waals surface area contributed by atoms with E-state index < -0.39 is 0 Å². The zero-order chi connectivity index (χ0) is 11.1. The zero-order valence-electron chi connectivity index (χ0n) is 8.83. The summed E-state index contributed by atoms with van der Waals surface area (Å²) in [7, 11) is 0. The Morgan fingerprint density at radius 3 is 2.40 bits per heavy atom. The maximum atomic E-state index is 5.79. The van der Waals surface area contributed by atoms with Crippen LogP contribution in [0.4, 0.5) is 0 Å². The van der Waals surface area contributed by atoms with Crippen LogP contribution in [0.15, 0.2) is 30.3 Å². The smallest absolute Gasteiger partial charge is 0.110 e. The normalized spacial score (nSPS) is 13.1. The number of hydrogen-bond acceptors (Lipinski definition) is 1. The summed E-state index contributed by atoms with van der Waals surface area (Å²) >= 11 is 11.6. The van der Waals surface area contributed by atoms with E-state index in [1.165, 1.54) is 0 Å². The lowest BCUT2D eigenvalue weighted by atomic mass is 10.1. The van der Waals surface area contributed by atoms with E-state index in [1.807, 2.05) is 30.3 Å². The van der Waals surface area contributed by atoms with Crippen molar-refractivity contribution in [3.8, 4) is 0 Å². The molecular formula is C12H16Cl2O. The first kappa shape index (κ1) is 12.8. The van der Waals surface area contributed by atoms with Gasteiger partial charge in [0, 0.05) is 13.0 Å². The van der Waals surface area contributed by atoms with Gasteiger partial charge in [0.05, 0.1) is 6.10 Å². The average molecular weight is 247 g/mol. The summed E-state index contributed by atoms with van der Waals surface area (Å²) in [5.41, 5.74) is 1.14.